The van der Waals surface area contributed by atoms with Crippen molar-refractivity contribution in [3.05, 3.63) is 12.2 Å². The molecule has 0 radical (unpaired) electrons. The molecule has 33 heavy (non-hydrogen) atoms. The van der Waals surface area contributed by atoms with E-state index in [0.717, 1.165) is 12.8 Å². The number of ketones is 1. The van der Waals surface area contributed by atoms with Crippen LogP contribution in [0.4, 0.5) is 0 Å². The summed E-state index contributed by atoms with van der Waals surface area (Å²) in [6.45, 7) is 6.59. The molecule has 0 atom stereocenters. The molecule has 0 aliphatic rings. The van der Waals surface area contributed by atoms with Gasteiger partial charge in [0.05, 0.1) is 0 Å². The SMILES string of the molecule is C=C(CCCCCCCCCCCCCCCCC)CCCCCCCCCCC(=O)C#N. The molecule has 0 spiro atoms. The summed E-state index contributed by atoms with van der Waals surface area (Å²) in [6.07, 6.45) is 34.0. The van der Waals surface area contributed by atoms with Crippen molar-refractivity contribution < 1.29 is 4.79 Å². The fraction of sp³-hybridized carbons (Fsp3) is 0.871. The van der Waals surface area contributed by atoms with Gasteiger partial charge in [0, 0.05) is 6.42 Å². The van der Waals surface area contributed by atoms with Crippen LogP contribution in [-0.4, -0.2) is 5.78 Å². The van der Waals surface area contributed by atoms with E-state index in [1.165, 1.54) is 153 Å². The Balaban J connectivity index is 3.18. The number of allylic oxidation sites excluding steroid dienone is 1. The third-order valence-electron chi connectivity index (χ3n) is 6.94. The van der Waals surface area contributed by atoms with Gasteiger partial charge in [0.25, 0.3) is 0 Å². The van der Waals surface area contributed by atoms with Gasteiger partial charge in [-0.2, -0.15) is 5.26 Å². The van der Waals surface area contributed by atoms with Crippen molar-refractivity contribution in [2.75, 3.05) is 0 Å². The summed E-state index contributed by atoms with van der Waals surface area (Å²) in [4.78, 5) is 10.9. The average molecular weight is 460 g/mol. The van der Waals surface area contributed by atoms with Crippen LogP contribution in [0.15, 0.2) is 12.2 Å². The van der Waals surface area contributed by atoms with Crippen molar-refractivity contribution in [3.8, 4) is 6.07 Å². The number of Topliss-reactive ketones (excluding diaryl/α,β-unsaturated/α-hetero) is 1. The standard InChI is InChI=1S/C31H57NO/c1-3-4-5-6-7-8-9-10-11-12-13-14-17-20-23-26-30(2)27-24-21-18-15-16-19-22-25-28-31(33)29-32/h2-28H2,1H3. The van der Waals surface area contributed by atoms with Gasteiger partial charge >= 0.3 is 0 Å². The number of unbranched alkanes of at least 4 members (excludes halogenated alkanes) is 21. The molecule has 2 nitrogen and oxygen atoms in total. The predicted octanol–water partition coefficient (Wildman–Crippen LogP) is 10.8. The summed E-state index contributed by atoms with van der Waals surface area (Å²) >= 11 is 0. The Bertz CT molecular complexity index is 476. The molecule has 0 saturated carbocycles. The predicted molar refractivity (Wildman–Crippen MR) is 145 cm³/mol. The molecule has 0 amide bonds. The van der Waals surface area contributed by atoms with E-state index in [1.54, 1.807) is 6.07 Å². The first kappa shape index (κ1) is 31.9. The largest absolute Gasteiger partial charge is 0.283 e. The molecule has 0 aliphatic heterocycles. The second-order valence-corrected chi connectivity index (χ2v) is 10.3. The molecule has 0 aromatic carbocycles. The zero-order chi connectivity index (χ0) is 24.2. The van der Waals surface area contributed by atoms with Crippen LogP contribution in [0, 0.1) is 11.3 Å². The van der Waals surface area contributed by atoms with Crippen LogP contribution in [0.1, 0.15) is 174 Å². The molecule has 192 valence electrons. The van der Waals surface area contributed by atoms with E-state index in [2.05, 4.69) is 13.5 Å². The Hall–Kier alpha value is -1.10. The highest BCUT2D eigenvalue weighted by atomic mass is 16.1. The maximum absolute atomic E-state index is 10.9. The topological polar surface area (TPSA) is 40.9 Å². The Morgan fingerprint density at radius 2 is 0.788 bits per heavy atom. The molecular weight excluding hydrogens is 402 g/mol. The van der Waals surface area contributed by atoms with Gasteiger partial charge in [0.1, 0.15) is 6.07 Å². The molecule has 0 bridgehead atoms. The van der Waals surface area contributed by atoms with Crippen molar-refractivity contribution >= 4 is 5.78 Å². The number of rotatable bonds is 27. The van der Waals surface area contributed by atoms with Crippen molar-refractivity contribution in [2.24, 2.45) is 0 Å². The van der Waals surface area contributed by atoms with E-state index >= 15 is 0 Å². The van der Waals surface area contributed by atoms with E-state index < -0.39 is 0 Å². The lowest BCUT2D eigenvalue weighted by atomic mass is 10.00. The summed E-state index contributed by atoms with van der Waals surface area (Å²) in [6, 6.07) is 1.69. The van der Waals surface area contributed by atoms with Gasteiger partial charge in [-0.1, -0.05) is 147 Å². The molecule has 0 saturated heterocycles. The number of hydrogen-bond acceptors (Lipinski definition) is 2. The van der Waals surface area contributed by atoms with Crippen LogP contribution >= 0.6 is 0 Å². The maximum atomic E-state index is 10.9. The summed E-state index contributed by atoms with van der Waals surface area (Å²) < 4.78 is 0. The summed E-state index contributed by atoms with van der Waals surface area (Å²) in [5.41, 5.74) is 1.46. The first-order valence-electron chi connectivity index (χ1n) is 14.8. The highest BCUT2D eigenvalue weighted by molar-refractivity contribution is 5.93. The minimum atomic E-state index is -0.264. The summed E-state index contributed by atoms with van der Waals surface area (Å²) in [7, 11) is 0. The van der Waals surface area contributed by atoms with Crippen molar-refractivity contribution in [2.45, 2.75) is 174 Å². The Morgan fingerprint density at radius 1 is 0.515 bits per heavy atom. The highest BCUT2D eigenvalue weighted by Crippen LogP contribution is 2.18. The fourth-order valence-electron chi connectivity index (χ4n) is 4.65. The van der Waals surface area contributed by atoms with E-state index in [9.17, 15) is 4.79 Å². The lowest BCUT2D eigenvalue weighted by molar-refractivity contribution is -0.114. The normalized spacial score (nSPS) is 10.9. The van der Waals surface area contributed by atoms with Crippen molar-refractivity contribution in [1.29, 1.82) is 5.26 Å². The molecule has 0 aromatic heterocycles. The fourth-order valence-corrected chi connectivity index (χ4v) is 4.65. The van der Waals surface area contributed by atoms with Gasteiger partial charge in [0.15, 0.2) is 0 Å². The third kappa shape index (κ3) is 27.0. The Kier molecular flexibility index (Phi) is 26.2. The summed E-state index contributed by atoms with van der Waals surface area (Å²) in [5.74, 6) is -0.264. The molecule has 0 aliphatic carbocycles. The Labute approximate surface area is 208 Å². The van der Waals surface area contributed by atoms with E-state index in [4.69, 9.17) is 5.26 Å². The van der Waals surface area contributed by atoms with Gasteiger partial charge in [-0.15, -0.1) is 0 Å². The summed E-state index contributed by atoms with van der Waals surface area (Å²) in [5, 5.41) is 8.44. The van der Waals surface area contributed by atoms with Crippen LogP contribution in [0.5, 0.6) is 0 Å². The van der Waals surface area contributed by atoms with Crippen LogP contribution in [0.3, 0.4) is 0 Å². The highest BCUT2D eigenvalue weighted by Gasteiger charge is 2.00. The van der Waals surface area contributed by atoms with Crippen LogP contribution in [0.2, 0.25) is 0 Å². The molecule has 0 unspecified atom stereocenters. The van der Waals surface area contributed by atoms with Crippen LogP contribution in [-0.2, 0) is 4.79 Å². The number of nitrogens with zero attached hydrogens (tertiary/aromatic N) is 1. The van der Waals surface area contributed by atoms with E-state index in [1.807, 2.05) is 0 Å². The van der Waals surface area contributed by atoms with Gasteiger partial charge in [-0.05, 0) is 32.1 Å². The average Bonchev–Trinajstić information content (AvgIpc) is 2.82. The molecule has 0 N–H and O–H groups in total. The first-order chi connectivity index (χ1) is 16.2. The Morgan fingerprint density at radius 3 is 1.09 bits per heavy atom. The molecule has 0 aromatic rings. The molecule has 0 heterocycles. The van der Waals surface area contributed by atoms with Crippen LogP contribution in [0.25, 0.3) is 0 Å². The lowest BCUT2D eigenvalue weighted by Crippen LogP contribution is -1.92. The second-order valence-electron chi connectivity index (χ2n) is 10.3. The molecule has 2 heteroatoms. The zero-order valence-corrected chi connectivity index (χ0v) is 22.4. The van der Waals surface area contributed by atoms with E-state index in [-0.39, 0.29) is 5.78 Å². The van der Waals surface area contributed by atoms with Gasteiger partial charge in [-0.3, -0.25) is 4.79 Å². The number of carbonyl (C=O) groups is 1. The number of carbonyl (C=O) groups excluding carboxylic acids is 1. The first-order valence-corrected chi connectivity index (χ1v) is 14.8. The smallest absolute Gasteiger partial charge is 0.231 e. The lowest BCUT2D eigenvalue weighted by Gasteiger charge is -2.06. The van der Waals surface area contributed by atoms with Crippen molar-refractivity contribution in [1.82, 2.24) is 0 Å². The maximum Gasteiger partial charge on any atom is 0.231 e. The number of nitriles is 1. The molecule has 0 fully saturated rings. The van der Waals surface area contributed by atoms with Crippen molar-refractivity contribution in [3.63, 3.8) is 0 Å². The van der Waals surface area contributed by atoms with Crippen LogP contribution < -0.4 is 0 Å². The van der Waals surface area contributed by atoms with Gasteiger partial charge in [0.2, 0.25) is 5.78 Å². The number of hydrogen-bond donors (Lipinski definition) is 0. The van der Waals surface area contributed by atoms with Gasteiger partial charge < -0.3 is 0 Å². The monoisotopic (exact) mass is 459 g/mol. The quantitative estimate of drug-likeness (QED) is 0.0696. The molecular formula is C31H57NO. The minimum absolute atomic E-state index is 0.264. The van der Waals surface area contributed by atoms with Gasteiger partial charge in [-0.25, -0.2) is 0 Å². The third-order valence-corrected chi connectivity index (χ3v) is 6.94. The van der Waals surface area contributed by atoms with E-state index in [0.29, 0.717) is 6.42 Å². The minimum Gasteiger partial charge on any atom is -0.283 e. The molecule has 0 rings (SSSR count). The zero-order valence-electron chi connectivity index (χ0n) is 22.4. The second kappa shape index (κ2) is 27.1.